The average molecular weight is 277 g/mol. The molecule has 0 amide bonds. The molecule has 2 rings (SSSR count). The van der Waals surface area contributed by atoms with Crippen molar-refractivity contribution in [3.63, 3.8) is 0 Å². The summed E-state index contributed by atoms with van der Waals surface area (Å²) in [4.78, 5) is 0. The molecule has 3 heteroatoms. The van der Waals surface area contributed by atoms with Crippen LogP contribution in [-0.4, -0.2) is 30.9 Å². The summed E-state index contributed by atoms with van der Waals surface area (Å²) in [5, 5.41) is 12.8. The fraction of sp³-hybridized carbons (Fsp3) is 0.647. The van der Waals surface area contributed by atoms with Gasteiger partial charge in [0.1, 0.15) is 5.75 Å². The van der Waals surface area contributed by atoms with Crippen molar-refractivity contribution in [2.75, 3.05) is 19.8 Å². The van der Waals surface area contributed by atoms with Gasteiger partial charge in [-0.25, -0.2) is 0 Å². The van der Waals surface area contributed by atoms with Crippen molar-refractivity contribution >= 4 is 0 Å². The number of fused-ring (bicyclic) bond motifs is 1. The zero-order chi connectivity index (χ0) is 14.6. The highest BCUT2D eigenvalue weighted by Crippen LogP contribution is 2.26. The summed E-state index contributed by atoms with van der Waals surface area (Å²) in [7, 11) is 0. The van der Waals surface area contributed by atoms with Crippen LogP contribution in [0.15, 0.2) is 18.2 Å². The third-order valence-corrected chi connectivity index (χ3v) is 4.02. The molecule has 1 aromatic carbocycles. The highest BCUT2D eigenvalue weighted by atomic mass is 16.5. The fourth-order valence-electron chi connectivity index (χ4n) is 2.76. The van der Waals surface area contributed by atoms with Crippen LogP contribution in [0, 0.1) is 5.41 Å². The zero-order valence-electron chi connectivity index (χ0n) is 12.9. The molecular weight excluding hydrogens is 250 g/mol. The number of rotatable bonds is 6. The second-order valence-corrected chi connectivity index (χ2v) is 6.68. The molecule has 0 spiro atoms. The van der Waals surface area contributed by atoms with E-state index in [1.54, 1.807) is 0 Å². The molecule has 0 saturated heterocycles. The molecule has 1 aliphatic rings. The Labute approximate surface area is 122 Å². The monoisotopic (exact) mass is 277 g/mol. The molecule has 3 nitrogen and oxygen atoms in total. The van der Waals surface area contributed by atoms with Crippen molar-refractivity contribution in [2.24, 2.45) is 5.41 Å². The first kappa shape index (κ1) is 15.3. The Balaban J connectivity index is 1.85. The van der Waals surface area contributed by atoms with Crippen LogP contribution in [0.4, 0.5) is 0 Å². The van der Waals surface area contributed by atoms with Gasteiger partial charge in [-0.3, -0.25) is 0 Å². The average Bonchev–Trinajstić information content (AvgIpc) is 2.84. The van der Waals surface area contributed by atoms with E-state index in [9.17, 15) is 0 Å². The lowest BCUT2D eigenvalue weighted by Crippen LogP contribution is -2.41. The van der Waals surface area contributed by atoms with Crippen molar-refractivity contribution in [2.45, 2.75) is 46.1 Å². The summed E-state index contributed by atoms with van der Waals surface area (Å²) in [6.45, 7) is 8.65. The van der Waals surface area contributed by atoms with Crippen LogP contribution in [0.25, 0.3) is 0 Å². The van der Waals surface area contributed by atoms with E-state index in [1.165, 1.54) is 11.1 Å². The van der Waals surface area contributed by atoms with Gasteiger partial charge in [-0.1, -0.05) is 32.9 Å². The molecule has 0 bridgehead atoms. The smallest absolute Gasteiger partial charge is 0.122 e. The van der Waals surface area contributed by atoms with E-state index in [2.05, 4.69) is 44.3 Å². The Bertz CT molecular complexity index is 437. The summed E-state index contributed by atoms with van der Waals surface area (Å²) in [5.41, 5.74) is 2.87. The molecule has 20 heavy (non-hydrogen) atoms. The minimum atomic E-state index is 0.175. The molecule has 1 heterocycles. The first-order valence-electron chi connectivity index (χ1n) is 7.59. The van der Waals surface area contributed by atoms with Gasteiger partial charge in [0.2, 0.25) is 0 Å². The van der Waals surface area contributed by atoms with Gasteiger partial charge in [0.05, 0.1) is 6.61 Å². The van der Waals surface area contributed by atoms with Gasteiger partial charge in [0.15, 0.2) is 0 Å². The lowest BCUT2D eigenvalue weighted by molar-refractivity contribution is 0.198. The van der Waals surface area contributed by atoms with E-state index in [-0.39, 0.29) is 12.0 Å². The van der Waals surface area contributed by atoms with Gasteiger partial charge in [0, 0.05) is 19.1 Å². The Hall–Kier alpha value is -1.06. The molecule has 0 radical (unpaired) electrons. The predicted octanol–water partition coefficient (Wildman–Crippen LogP) is 2.55. The summed E-state index contributed by atoms with van der Waals surface area (Å²) < 4.78 is 5.53. The molecule has 1 atom stereocenters. The zero-order valence-corrected chi connectivity index (χ0v) is 12.9. The molecule has 0 aromatic heterocycles. The van der Waals surface area contributed by atoms with Crippen molar-refractivity contribution < 1.29 is 9.84 Å². The Morgan fingerprint density at radius 1 is 1.35 bits per heavy atom. The van der Waals surface area contributed by atoms with Crippen LogP contribution in [0.2, 0.25) is 0 Å². The number of hydrogen-bond acceptors (Lipinski definition) is 3. The maximum atomic E-state index is 9.17. The quantitative estimate of drug-likeness (QED) is 0.839. The van der Waals surface area contributed by atoms with Gasteiger partial charge in [0.25, 0.3) is 0 Å². The SMILES string of the molecule is CC(C)(C)C(CCO)NCCc1ccc2c(c1)CCO2. The normalized spacial score (nSPS) is 15.8. The highest BCUT2D eigenvalue weighted by Gasteiger charge is 2.23. The molecule has 112 valence electrons. The maximum Gasteiger partial charge on any atom is 0.122 e. The first-order chi connectivity index (χ1) is 9.50. The second-order valence-electron chi connectivity index (χ2n) is 6.68. The standard InChI is InChI=1S/C17H27NO2/c1-17(2,3)16(7-10-19)18-9-6-13-4-5-15-14(12-13)8-11-20-15/h4-5,12,16,18-19H,6-11H2,1-3H3. The van der Waals surface area contributed by atoms with Crippen LogP contribution in [0.5, 0.6) is 5.75 Å². The summed E-state index contributed by atoms with van der Waals surface area (Å²) in [5.74, 6) is 1.05. The Morgan fingerprint density at radius 2 is 2.15 bits per heavy atom. The van der Waals surface area contributed by atoms with Crippen LogP contribution in [0.1, 0.15) is 38.3 Å². The van der Waals surface area contributed by atoms with E-state index in [1.807, 2.05) is 0 Å². The number of benzene rings is 1. The first-order valence-corrected chi connectivity index (χ1v) is 7.59. The van der Waals surface area contributed by atoms with E-state index in [0.717, 1.165) is 38.2 Å². The number of nitrogens with one attached hydrogen (secondary N) is 1. The summed E-state index contributed by atoms with van der Waals surface area (Å²) in [6.07, 6.45) is 2.86. The van der Waals surface area contributed by atoms with Crippen LogP contribution in [-0.2, 0) is 12.8 Å². The predicted molar refractivity (Wildman–Crippen MR) is 82.3 cm³/mol. The van der Waals surface area contributed by atoms with Gasteiger partial charge >= 0.3 is 0 Å². The molecule has 1 aromatic rings. The number of hydrogen-bond donors (Lipinski definition) is 2. The van der Waals surface area contributed by atoms with Crippen molar-refractivity contribution in [3.05, 3.63) is 29.3 Å². The lowest BCUT2D eigenvalue weighted by atomic mass is 9.85. The molecule has 0 aliphatic carbocycles. The van der Waals surface area contributed by atoms with Crippen molar-refractivity contribution in [1.29, 1.82) is 0 Å². The van der Waals surface area contributed by atoms with E-state index < -0.39 is 0 Å². The van der Waals surface area contributed by atoms with E-state index in [0.29, 0.717) is 6.04 Å². The number of aliphatic hydroxyl groups is 1. The third kappa shape index (κ3) is 3.97. The second kappa shape index (κ2) is 6.59. The molecule has 2 N–H and O–H groups in total. The Kier molecular flexibility index (Phi) is 5.06. The van der Waals surface area contributed by atoms with E-state index >= 15 is 0 Å². The number of aliphatic hydroxyl groups excluding tert-OH is 1. The summed E-state index contributed by atoms with van der Waals surface area (Å²) >= 11 is 0. The van der Waals surface area contributed by atoms with Crippen LogP contribution in [0.3, 0.4) is 0 Å². The number of ether oxygens (including phenoxy) is 1. The third-order valence-electron chi connectivity index (χ3n) is 4.02. The minimum absolute atomic E-state index is 0.175. The topological polar surface area (TPSA) is 41.5 Å². The molecule has 1 aliphatic heterocycles. The van der Waals surface area contributed by atoms with Gasteiger partial charge in [-0.15, -0.1) is 0 Å². The molecule has 0 fully saturated rings. The maximum absolute atomic E-state index is 9.17. The highest BCUT2D eigenvalue weighted by molar-refractivity contribution is 5.39. The van der Waals surface area contributed by atoms with Gasteiger partial charge < -0.3 is 15.2 Å². The molecule has 1 unspecified atom stereocenters. The van der Waals surface area contributed by atoms with Gasteiger partial charge in [-0.2, -0.15) is 0 Å². The molecular formula is C17H27NO2. The van der Waals surface area contributed by atoms with E-state index in [4.69, 9.17) is 9.84 Å². The van der Waals surface area contributed by atoms with Crippen LogP contribution < -0.4 is 10.1 Å². The molecule has 0 saturated carbocycles. The summed E-state index contributed by atoms with van der Waals surface area (Å²) in [6, 6.07) is 6.86. The fourth-order valence-corrected chi connectivity index (χ4v) is 2.76. The van der Waals surface area contributed by atoms with Crippen molar-refractivity contribution in [1.82, 2.24) is 5.32 Å². The minimum Gasteiger partial charge on any atom is -0.493 e. The lowest BCUT2D eigenvalue weighted by Gasteiger charge is -2.31. The van der Waals surface area contributed by atoms with Crippen LogP contribution >= 0.6 is 0 Å². The van der Waals surface area contributed by atoms with Gasteiger partial charge in [-0.05, 0) is 42.0 Å². The largest absolute Gasteiger partial charge is 0.493 e. The van der Waals surface area contributed by atoms with Crippen molar-refractivity contribution in [3.8, 4) is 5.75 Å². The Morgan fingerprint density at radius 3 is 2.85 bits per heavy atom.